The van der Waals surface area contributed by atoms with Crippen LogP contribution in [0.15, 0.2) is 54.1 Å². The van der Waals surface area contributed by atoms with Gasteiger partial charge in [-0.1, -0.05) is 48.0 Å². The third-order valence-electron chi connectivity index (χ3n) is 4.84. The highest BCUT2D eigenvalue weighted by Crippen LogP contribution is 2.40. The number of ketones is 1. The number of hydrogen-bond acceptors (Lipinski definition) is 5. The second kappa shape index (κ2) is 8.26. The smallest absolute Gasteiger partial charge is 0.295 e. The third-order valence-corrected chi connectivity index (χ3v) is 4.84. The molecule has 0 spiro atoms. The second-order valence-electron chi connectivity index (χ2n) is 6.86. The number of carbonyl (C=O) groups is 3. The first kappa shape index (κ1) is 20.3. The molecule has 7 heteroatoms. The Labute approximate surface area is 166 Å². The van der Waals surface area contributed by atoms with Crippen molar-refractivity contribution >= 4 is 23.4 Å². The van der Waals surface area contributed by atoms with Crippen LogP contribution in [0.3, 0.4) is 0 Å². The zero-order valence-corrected chi connectivity index (χ0v) is 15.7. The second-order valence-corrected chi connectivity index (χ2v) is 6.86. The fourth-order valence-corrected chi connectivity index (χ4v) is 3.39. The number of aliphatic hydroxyl groups excluding tert-OH is 1. The average molecular weight is 396 g/mol. The first-order chi connectivity index (χ1) is 13.8. The van der Waals surface area contributed by atoms with Gasteiger partial charge in [0.25, 0.3) is 11.7 Å². The number of halogens is 1. The molecule has 3 rings (SSSR count). The molecule has 1 fully saturated rings. The highest BCUT2D eigenvalue weighted by molar-refractivity contribution is 6.46. The molecule has 1 amide bonds. The summed E-state index contributed by atoms with van der Waals surface area (Å²) in [4.78, 5) is 37.2. The molecule has 0 saturated carbocycles. The van der Waals surface area contributed by atoms with Crippen LogP contribution in [0.5, 0.6) is 0 Å². The molecule has 1 N–H and O–H groups in total. The van der Waals surface area contributed by atoms with Crippen LogP contribution < -0.4 is 5.11 Å². The van der Waals surface area contributed by atoms with Crippen LogP contribution in [-0.2, 0) is 14.4 Å². The molecule has 1 saturated heterocycles. The predicted octanol–water partition coefficient (Wildman–Crippen LogP) is 2.09. The van der Waals surface area contributed by atoms with E-state index in [9.17, 15) is 29.0 Å². The van der Waals surface area contributed by atoms with Crippen LogP contribution in [0.1, 0.15) is 35.6 Å². The molecule has 1 heterocycles. The number of aliphatic carboxylic acids is 1. The third kappa shape index (κ3) is 4.03. The van der Waals surface area contributed by atoms with Crippen molar-refractivity contribution in [2.75, 3.05) is 6.54 Å². The van der Waals surface area contributed by atoms with Gasteiger partial charge in [0.05, 0.1) is 11.6 Å². The first-order valence-corrected chi connectivity index (χ1v) is 9.11. The summed E-state index contributed by atoms with van der Waals surface area (Å²) >= 11 is 0. The van der Waals surface area contributed by atoms with Gasteiger partial charge in [-0.3, -0.25) is 9.59 Å². The molecule has 29 heavy (non-hydrogen) atoms. The van der Waals surface area contributed by atoms with Crippen LogP contribution in [-0.4, -0.2) is 34.2 Å². The molecule has 1 aliphatic rings. The Bertz CT molecular complexity index is 997. The molecule has 0 aromatic heterocycles. The van der Waals surface area contributed by atoms with Gasteiger partial charge in [-0.2, -0.15) is 0 Å². The van der Waals surface area contributed by atoms with Crippen molar-refractivity contribution < 1.29 is 29.0 Å². The van der Waals surface area contributed by atoms with Gasteiger partial charge in [0.1, 0.15) is 11.6 Å². The van der Waals surface area contributed by atoms with Gasteiger partial charge in [-0.15, -0.1) is 0 Å². The Morgan fingerprint density at radius 1 is 1.14 bits per heavy atom. The monoisotopic (exact) mass is 396 g/mol. The number of aliphatic hydroxyl groups is 1. The Hall–Kier alpha value is -3.48. The van der Waals surface area contributed by atoms with Gasteiger partial charge >= 0.3 is 0 Å². The SMILES string of the molecule is Cc1ccc(/C(O)=C2\C(=O)C(=O)N(CCCC(=O)[O-])[C@H]2c2ccccc2F)cc1. The molecule has 0 unspecified atom stereocenters. The molecule has 150 valence electrons. The van der Waals surface area contributed by atoms with E-state index in [0.29, 0.717) is 5.56 Å². The summed E-state index contributed by atoms with van der Waals surface area (Å²) in [5.74, 6) is -4.18. The Kier molecular flexibility index (Phi) is 5.77. The average Bonchev–Trinajstić information content (AvgIpc) is 2.93. The van der Waals surface area contributed by atoms with Crippen LogP contribution in [0.25, 0.3) is 5.76 Å². The summed E-state index contributed by atoms with van der Waals surface area (Å²) < 4.78 is 14.6. The summed E-state index contributed by atoms with van der Waals surface area (Å²) in [6.45, 7) is 1.77. The maximum Gasteiger partial charge on any atom is 0.295 e. The summed E-state index contributed by atoms with van der Waals surface area (Å²) in [5.41, 5.74) is 1.09. The van der Waals surface area contributed by atoms with Gasteiger partial charge in [-0.05, 0) is 25.8 Å². The zero-order valence-electron chi connectivity index (χ0n) is 15.7. The number of likely N-dealkylation sites (tertiary alicyclic amines) is 1. The number of hydrogen-bond donors (Lipinski definition) is 1. The number of aryl methyl sites for hydroxylation is 1. The fraction of sp³-hybridized carbons (Fsp3) is 0.227. The number of nitrogens with zero attached hydrogens (tertiary/aromatic N) is 1. The van der Waals surface area contributed by atoms with E-state index in [1.54, 1.807) is 30.3 Å². The van der Waals surface area contributed by atoms with E-state index in [-0.39, 0.29) is 30.5 Å². The molecule has 2 aromatic rings. The quantitative estimate of drug-likeness (QED) is 0.458. The number of carbonyl (C=O) groups excluding carboxylic acids is 3. The molecule has 0 aliphatic carbocycles. The maximum atomic E-state index is 14.6. The summed E-state index contributed by atoms with van der Waals surface area (Å²) in [7, 11) is 0. The topological polar surface area (TPSA) is 97.7 Å². The summed E-state index contributed by atoms with van der Waals surface area (Å²) in [5, 5.41) is 21.5. The molecule has 1 atom stereocenters. The van der Waals surface area contributed by atoms with Crippen molar-refractivity contribution in [3.63, 3.8) is 0 Å². The van der Waals surface area contributed by atoms with Crippen LogP contribution in [0.2, 0.25) is 0 Å². The van der Waals surface area contributed by atoms with E-state index < -0.39 is 35.3 Å². The van der Waals surface area contributed by atoms with E-state index in [0.717, 1.165) is 10.5 Å². The Morgan fingerprint density at radius 3 is 2.41 bits per heavy atom. The summed E-state index contributed by atoms with van der Waals surface area (Å²) in [6, 6.07) is 11.2. The van der Waals surface area contributed by atoms with Crippen molar-refractivity contribution in [3.05, 3.63) is 76.6 Å². The molecular weight excluding hydrogens is 377 g/mol. The van der Waals surface area contributed by atoms with Gasteiger partial charge < -0.3 is 19.9 Å². The minimum absolute atomic E-state index is 0.0326. The van der Waals surface area contributed by atoms with Crippen molar-refractivity contribution in [2.24, 2.45) is 0 Å². The highest BCUT2D eigenvalue weighted by Gasteiger charge is 2.46. The van der Waals surface area contributed by atoms with Crippen LogP contribution >= 0.6 is 0 Å². The lowest BCUT2D eigenvalue weighted by molar-refractivity contribution is -0.305. The molecular formula is C22H19FNO5-. The number of carboxylic acid groups (broad SMARTS) is 1. The standard InChI is InChI=1S/C22H20FNO5/c1-13-8-10-14(11-9-13)20(27)18-19(15-5-2-3-6-16(15)23)24(22(29)21(18)28)12-4-7-17(25)26/h2-3,5-6,8-11,19,27H,4,7,12H2,1H3,(H,25,26)/p-1/b20-18+/t19-/m0/s1. The Balaban J connectivity index is 2.12. The van der Waals surface area contributed by atoms with E-state index in [1.165, 1.54) is 18.2 Å². The van der Waals surface area contributed by atoms with Gasteiger partial charge in [-0.25, -0.2) is 4.39 Å². The fourth-order valence-electron chi connectivity index (χ4n) is 3.39. The molecule has 0 bridgehead atoms. The number of rotatable bonds is 6. The van der Waals surface area contributed by atoms with Crippen LogP contribution in [0.4, 0.5) is 4.39 Å². The minimum Gasteiger partial charge on any atom is -0.550 e. The molecule has 2 aromatic carbocycles. The zero-order chi connectivity index (χ0) is 21.1. The van der Waals surface area contributed by atoms with E-state index in [2.05, 4.69) is 0 Å². The minimum atomic E-state index is -1.29. The largest absolute Gasteiger partial charge is 0.550 e. The normalized spacial score (nSPS) is 18.3. The van der Waals surface area contributed by atoms with Crippen LogP contribution in [0, 0.1) is 12.7 Å². The lowest BCUT2D eigenvalue weighted by Gasteiger charge is -2.25. The number of carboxylic acids is 1. The maximum absolute atomic E-state index is 14.6. The number of benzene rings is 2. The van der Waals surface area contributed by atoms with Crippen molar-refractivity contribution in [2.45, 2.75) is 25.8 Å². The molecule has 0 radical (unpaired) electrons. The van der Waals surface area contributed by atoms with E-state index in [4.69, 9.17) is 0 Å². The van der Waals surface area contributed by atoms with Gasteiger partial charge in [0, 0.05) is 23.6 Å². The Morgan fingerprint density at radius 2 is 1.79 bits per heavy atom. The predicted molar refractivity (Wildman–Crippen MR) is 101 cm³/mol. The van der Waals surface area contributed by atoms with Crippen molar-refractivity contribution in [1.82, 2.24) is 4.90 Å². The van der Waals surface area contributed by atoms with E-state index in [1.807, 2.05) is 6.92 Å². The number of amides is 1. The van der Waals surface area contributed by atoms with Crippen molar-refractivity contribution in [3.8, 4) is 0 Å². The van der Waals surface area contributed by atoms with Gasteiger partial charge in [0.15, 0.2) is 0 Å². The first-order valence-electron chi connectivity index (χ1n) is 9.11. The number of Topliss-reactive ketones (excluding diaryl/α,β-unsaturated/α-hetero) is 1. The van der Waals surface area contributed by atoms with Gasteiger partial charge in [0.2, 0.25) is 0 Å². The van der Waals surface area contributed by atoms with E-state index >= 15 is 0 Å². The lowest BCUT2D eigenvalue weighted by Crippen LogP contribution is -2.32. The lowest BCUT2D eigenvalue weighted by atomic mass is 9.94. The molecule has 6 nitrogen and oxygen atoms in total. The highest BCUT2D eigenvalue weighted by atomic mass is 19.1. The molecule has 1 aliphatic heterocycles. The van der Waals surface area contributed by atoms with Crippen molar-refractivity contribution in [1.29, 1.82) is 0 Å². The summed E-state index contributed by atoms with van der Waals surface area (Å²) in [6.07, 6.45) is -0.282.